The Morgan fingerprint density at radius 2 is 2.17 bits per heavy atom. The summed E-state index contributed by atoms with van der Waals surface area (Å²) in [6.45, 7) is 1.73. The van der Waals surface area contributed by atoms with Crippen LogP contribution in [0.15, 0.2) is 30.3 Å². The van der Waals surface area contributed by atoms with Gasteiger partial charge in [-0.15, -0.1) is 11.3 Å². The monoisotopic (exact) mass is 260 g/mol. The molecule has 2 heterocycles. The number of carbonyl (C=O) groups is 1. The molecule has 92 valence electrons. The van der Waals surface area contributed by atoms with Crippen LogP contribution in [-0.4, -0.2) is 12.0 Å². The molecule has 2 aromatic rings. The van der Waals surface area contributed by atoms with Crippen molar-refractivity contribution in [3.63, 3.8) is 0 Å². The van der Waals surface area contributed by atoms with E-state index in [9.17, 15) is 4.79 Å². The van der Waals surface area contributed by atoms with Gasteiger partial charge in [-0.25, -0.2) is 0 Å². The number of nitrogens with two attached hydrogens (primary N) is 1. The molecule has 3 N–H and O–H groups in total. The lowest BCUT2D eigenvalue weighted by atomic mass is 10.1. The summed E-state index contributed by atoms with van der Waals surface area (Å²) < 4.78 is 5.51. The van der Waals surface area contributed by atoms with Gasteiger partial charge in [0.1, 0.15) is 5.75 Å². The van der Waals surface area contributed by atoms with E-state index in [-0.39, 0.29) is 5.91 Å². The first-order chi connectivity index (χ1) is 8.63. The molecule has 1 unspecified atom stereocenters. The third-order valence-corrected chi connectivity index (χ3v) is 3.79. The summed E-state index contributed by atoms with van der Waals surface area (Å²) in [6.07, 6.45) is -0.444. The zero-order valence-corrected chi connectivity index (χ0v) is 10.6. The van der Waals surface area contributed by atoms with Gasteiger partial charge in [-0.2, -0.15) is 0 Å². The number of ether oxygens (including phenoxy) is 1. The van der Waals surface area contributed by atoms with Gasteiger partial charge in [0.05, 0.1) is 10.7 Å². The minimum absolute atomic E-state index is 0.120. The average molecular weight is 260 g/mol. The molecule has 1 aliphatic rings. The molecule has 0 radical (unpaired) electrons. The molecule has 1 aliphatic heterocycles. The van der Waals surface area contributed by atoms with E-state index in [1.807, 2.05) is 30.3 Å². The second kappa shape index (κ2) is 4.03. The van der Waals surface area contributed by atoms with Crippen LogP contribution in [0, 0.1) is 0 Å². The highest BCUT2D eigenvalue weighted by molar-refractivity contribution is 7.19. The Hall–Kier alpha value is -2.01. The summed E-state index contributed by atoms with van der Waals surface area (Å²) in [7, 11) is 0. The van der Waals surface area contributed by atoms with Crippen molar-refractivity contribution >= 4 is 27.9 Å². The quantitative estimate of drug-likeness (QED) is 0.828. The normalized spacial score (nSPS) is 17.8. The van der Waals surface area contributed by atoms with Crippen molar-refractivity contribution < 1.29 is 9.53 Å². The average Bonchev–Trinajstić information content (AvgIpc) is 2.77. The van der Waals surface area contributed by atoms with Gasteiger partial charge in [0.15, 0.2) is 6.10 Å². The first-order valence-electron chi connectivity index (χ1n) is 5.61. The fraction of sp³-hybridized carbons (Fsp3) is 0.154. The first-order valence-corrected chi connectivity index (χ1v) is 6.42. The number of benzene rings is 1. The van der Waals surface area contributed by atoms with Crippen LogP contribution < -0.4 is 15.8 Å². The number of nitrogen functional groups attached to an aromatic ring is 1. The largest absolute Gasteiger partial charge is 0.479 e. The molecule has 0 fully saturated rings. The molecule has 0 saturated heterocycles. The van der Waals surface area contributed by atoms with E-state index >= 15 is 0 Å². The van der Waals surface area contributed by atoms with Crippen molar-refractivity contribution in [3.8, 4) is 16.2 Å². The minimum Gasteiger partial charge on any atom is -0.479 e. The number of fused-ring (bicyclic) bond motifs is 1. The number of nitrogens with one attached hydrogen (secondary N) is 1. The molecule has 1 amide bonds. The van der Waals surface area contributed by atoms with E-state index in [4.69, 9.17) is 10.5 Å². The smallest absolute Gasteiger partial charge is 0.265 e. The highest BCUT2D eigenvalue weighted by atomic mass is 32.1. The van der Waals surface area contributed by atoms with Crippen LogP contribution in [0.1, 0.15) is 6.92 Å². The minimum atomic E-state index is -0.444. The number of thiophene rings is 1. The van der Waals surface area contributed by atoms with Crippen LogP contribution in [0.3, 0.4) is 0 Å². The van der Waals surface area contributed by atoms with Gasteiger partial charge in [0.2, 0.25) is 0 Å². The van der Waals surface area contributed by atoms with E-state index in [2.05, 4.69) is 5.32 Å². The zero-order valence-electron chi connectivity index (χ0n) is 9.77. The van der Waals surface area contributed by atoms with Crippen LogP contribution in [0.4, 0.5) is 10.7 Å². The van der Waals surface area contributed by atoms with Crippen LogP contribution >= 0.6 is 11.3 Å². The Bertz CT molecular complexity index is 621. The van der Waals surface area contributed by atoms with Gasteiger partial charge in [-0.1, -0.05) is 0 Å². The molecule has 4 nitrogen and oxygen atoms in total. The van der Waals surface area contributed by atoms with Gasteiger partial charge in [-0.05, 0) is 42.8 Å². The maximum atomic E-state index is 11.6. The third-order valence-electron chi connectivity index (χ3n) is 2.82. The number of rotatable bonds is 1. The first kappa shape index (κ1) is 11.1. The highest BCUT2D eigenvalue weighted by Crippen LogP contribution is 2.36. The maximum absolute atomic E-state index is 11.6. The summed E-state index contributed by atoms with van der Waals surface area (Å²) in [5.74, 6) is 0.584. The molecule has 1 aromatic heterocycles. The van der Waals surface area contributed by atoms with E-state index in [0.29, 0.717) is 11.4 Å². The van der Waals surface area contributed by atoms with Crippen LogP contribution in [0.25, 0.3) is 10.4 Å². The lowest BCUT2D eigenvalue weighted by Crippen LogP contribution is -2.34. The molecule has 5 heteroatoms. The number of hydrogen-bond donors (Lipinski definition) is 2. The maximum Gasteiger partial charge on any atom is 0.265 e. The lowest BCUT2D eigenvalue weighted by molar-refractivity contribution is -0.122. The molecule has 0 bridgehead atoms. The molecule has 0 aliphatic carbocycles. The van der Waals surface area contributed by atoms with Gasteiger partial charge in [0, 0.05) is 4.88 Å². The van der Waals surface area contributed by atoms with Crippen molar-refractivity contribution in [1.82, 2.24) is 0 Å². The number of hydrogen-bond acceptors (Lipinski definition) is 4. The van der Waals surface area contributed by atoms with Gasteiger partial charge in [0.25, 0.3) is 5.91 Å². The van der Waals surface area contributed by atoms with Gasteiger partial charge < -0.3 is 15.8 Å². The van der Waals surface area contributed by atoms with Crippen molar-refractivity contribution in [2.24, 2.45) is 0 Å². The Morgan fingerprint density at radius 3 is 2.89 bits per heavy atom. The van der Waals surface area contributed by atoms with E-state index < -0.39 is 6.10 Å². The van der Waals surface area contributed by atoms with Gasteiger partial charge >= 0.3 is 0 Å². The van der Waals surface area contributed by atoms with E-state index in [0.717, 1.165) is 15.4 Å². The second-order valence-electron chi connectivity index (χ2n) is 4.16. The van der Waals surface area contributed by atoms with Gasteiger partial charge in [-0.3, -0.25) is 4.79 Å². The second-order valence-corrected chi connectivity index (χ2v) is 5.28. The van der Waals surface area contributed by atoms with Crippen molar-refractivity contribution in [3.05, 3.63) is 30.3 Å². The Balaban J connectivity index is 2.01. The van der Waals surface area contributed by atoms with Crippen LogP contribution in [0.5, 0.6) is 5.75 Å². The Labute approximate surface area is 108 Å². The third kappa shape index (κ3) is 1.82. The fourth-order valence-corrected chi connectivity index (χ4v) is 2.64. The molecular weight excluding hydrogens is 248 g/mol. The highest BCUT2D eigenvalue weighted by Gasteiger charge is 2.23. The molecular formula is C13H12N2O2S. The molecule has 0 spiro atoms. The standard InChI is InChI=1S/C13H12N2O2S/c1-7-13(16)15-9-6-8(2-3-10(9)17-7)11-4-5-12(14)18-11/h2-7H,14H2,1H3,(H,15,16). The van der Waals surface area contributed by atoms with E-state index in [1.165, 1.54) is 11.3 Å². The SMILES string of the molecule is CC1Oc2ccc(-c3ccc(N)s3)cc2NC1=O. The number of carbonyl (C=O) groups excluding carboxylic acids is 1. The predicted octanol–water partition coefficient (Wildman–Crippen LogP) is 2.72. The zero-order chi connectivity index (χ0) is 12.7. The summed E-state index contributed by atoms with van der Waals surface area (Å²) in [5, 5.41) is 3.61. The summed E-state index contributed by atoms with van der Waals surface area (Å²) in [4.78, 5) is 12.6. The summed E-state index contributed by atoms with van der Waals surface area (Å²) in [5.41, 5.74) is 7.45. The van der Waals surface area contributed by atoms with Crippen molar-refractivity contribution in [1.29, 1.82) is 0 Å². The van der Waals surface area contributed by atoms with E-state index in [1.54, 1.807) is 6.92 Å². The fourth-order valence-electron chi connectivity index (χ4n) is 1.87. The Kier molecular flexibility index (Phi) is 2.48. The van der Waals surface area contributed by atoms with Crippen LogP contribution in [-0.2, 0) is 4.79 Å². The summed E-state index contributed by atoms with van der Waals surface area (Å²) in [6, 6.07) is 9.58. The molecule has 18 heavy (non-hydrogen) atoms. The van der Waals surface area contributed by atoms with Crippen LogP contribution in [0.2, 0.25) is 0 Å². The molecule has 0 saturated carbocycles. The topological polar surface area (TPSA) is 64.3 Å². The van der Waals surface area contributed by atoms with Crippen molar-refractivity contribution in [2.75, 3.05) is 11.1 Å². The predicted molar refractivity (Wildman–Crippen MR) is 72.9 cm³/mol. The molecule has 3 rings (SSSR count). The van der Waals surface area contributed by atoms with Crippen molar-refractivity contribution in [2.45, 2.75) is 13.0 Å². The number of amides is 1. The Morgan fingerprint density at radius 1 is 1.33 bits per heavy atom. The summed E-state index contributed by atoms with van der Waals surface area (Å²) >= 11 is 1.52. The lowest BCUT2D eigenvalue weighted by Gasteiger charge is -2.23. The number of anilines is 2. The molecule has 1 atom stereocenters. The molecule has 1 aromatic carbocycles.